The first-order chi connectivity index (χ1) is 9.11. The average Bonchev–Trinajstić information content (AvgIpc) is 2.91. The fourth-order valence-corrected chi connectivity index (χ4v) is 4.07. The molecule has 1 aromatic carbocycles. The Morgan fingerprint density at radius 3 is 2.84 bits per heavy atom. The number of hydrogen-bond donors (Lipinski definition) is 1. The molecule has 0 amide bonds. The van der Waals surface area contributed by atoms with Crippen LogP contribution in [-0.4, -0.2) is 29.6 Å². The minimum atomic E-state index is 0.482. The zero-order chi connectivity index (χ0) is 13.6. The molecule has 2 atom stereocenters. The number of rotatable bonds is 2. The van der Waals surface area contributed by atoms with Crippen molar-refractivity contribution in [3.8, 4) is 0 Å². The smallest absolute Gasteiger partial charge is 0.0492 e. The Kier molecular flexibility index (Phi) is 3.41. The van der Waals surface area contributed by atoms with Gasteiger partial charge in [-0.3, -0.25) is 4.90 Å². The van der Waals surface area contributed by atoms with Crippen molar-refractivity contribution in [2.75, 3.05) is 20.1 Å². The van der Waals surface area contributed by atoms with Crippen LogP contribution in [0.1, 0.15) is 18.0 Å². The molecular weight excluding hydrogens is 302 g/mol. The molecule has 0 radical (unpaired) electrons. The molecule has 19 heavy (non-hydrogen) atoms. The molecule has 2 N–H and O–H groups in total. The zero-order valence-electron chi connectivity index (χ0n) is 11.4. The summed E-state index contributed by atoms with van der Waals surface area (Å²) in [4.78, 5) is 2.44. The Balaban J connectivity index is 2.10. The van der Waals surface area contributed by atoms with Gasteiger partial charge in [-0.1, -0.05) is 12.1 Å². The Morgan fingerprint density at radius 2 is 2.16 bits per heavy atom. The Labute approximate surface area is 122 Å². The maximum Gasteiger partial charge on any atom is 0.0492 e. The molecular formula is C15H20BrN3. The second-order valence-electron chi connectivity index (χ2n) is 5.62. The van der Waals surface area contributed by atoms with E-state index in [1.807, 2.05) is 0 Å². The summed E-state index contributed by atoms with van der Waals surface area (Å²) in [6.07, 6.45) is 3.30. The standard InChI is InChI=1S/C15H20BrN3/c1-18-8-10(7-17)6-14(18)11-4-3-5-13-15(11)12(16)9-19(13)2/h3-5,9-10,14H,6-8,17H2,1-2H3. The van der Waals surface area contributed by atoms with Gasteiger partial charge in [-0.2, -0.15) is 0 Å². The van der Waals surface area contributed by atoms with Crippen molar-refractivity contribution in [2.45, 2.75) is 12.5 Å². The highest BCUT2D eigenvalue weighted by atomic mass is 79.9. The van der Waals surface area contributed by atoms with E-state index in [-0.39, 0.29) is 0 Å². The summed E-state index contributed by atoms with van der Waals surface area (Å²) in [5.41, 5.74) is 8.55. The summed E-state index contributed by atoms with van der Waals surface area (Å²) in [7, 11) is 4.30. The molecule has 0 aliphatic carbocycles. The van der Waals surface area contributed by atoms with E-state index in [9.17, 15) is 0 Å². The molecule has 1 aromatic heterocycles. The van der Waals surface area contributed by atoms with Crippen molar-refractivity contribution >= 4 is 26.8 Å². The summed E-state index contributed by atoms with van der Waals surface area (Å²) in [6.45, 7) is 1.88. The molecule has 3 nitrogen and oxygen atoms in total. The first-order valence-corrected chi connectivity index (χ1v) is 7.55. The van der Waals surface area contributed by atoms with Gasteiger partial charge in [0.1, 0.15) is 0 Å². The van der Waals surface area contributed by atoms with Crippen LogP contribution >= 0.6 is 15.9 Å². The maximum atomic E-state index is 5.84. The number of benzene rings is 1. The highest BCUT2D eigenvalue weighted by molar-refractivity contribution is 9.10. The summed E-state index contributed by atoms with van der Waals surface area (Å²) in [6, 6.07) is 7.08. The van der Waals surface area contributed by atoms with Gasteiger partial charge in [0.25, 0.3) is 0 Å². The van der Waals surface area contributed by atoms with Crippen LogP contribution in [0.5, 0.6) is 0 Å². The zero-order valence-corrected chi connectivity index (χ0v) is 13.0. The third-order valence-electron chi connectivity index (χ3n) is 4.33. The van der Waals surface area contributed by atoms with Gasteiger partial charge in [-0.25, -0.2) is 0 Å². The number of likely N-dealkylation sites (tertiary alicyclic amines) is 1. The normalized spacial score (nSPS) is 24.4. The Hall–Kier alpha value is -0.840. The van der Waals surface area contributed by atoms with Crippen LogP contribution in [0.3, 0.4) is 0 Å². The maximum absolute atomic E-state index is 5.84. The predicted octanol–water partition coefficient (Wildman–Crippen LogP) is 2.89. The topological polar surface area (TPSA) is 34.2 Å². The van der Waals surface area contributed by atoms with Gasteiger partial charge in [0.2, 0.25) is 0 Å². The molecule has 1 aliphatic heterocycles. The highest BCUT2D eigenvalue weighted by Gasteiger charge is 2.31. The molecule has 2 heterocycles. The lowest BCUT2D eigenvalue weighted by atomic mass is 9.97. The lowest BCUT2D eigenvalue weighted by molar-refractivity contribution is 0.315. The van der Waals surface area contributed by atoms with Crippen molar-refractivity contribution in [2.24, 2.45) is 18.7 Å². The number of nitrogens with zero attached hydrogens (tertiary/aromatic N) is 2. The lowest BCUT2D eigenvalue weighted by Crippen LogP contribution is -2.20. The largest absolute Gasteiger partial charge is 0.349 e. The number of halogens is 1. The number of aromatic nitrogens is 1. The van der Waals surface area contributed by atoms with Gasteiger partial charge >= 0.3 is 0 Å². The first kappa shape index (κ1) is 13.2. The second-order valence-corrected chi connectivity index (χ2v) is 6.48. The molecule has 4 heteroatoms. The third-order valence-corrected chi connectivity index (χ3v) is 4.93. The Bertz CT molecular complexity index is 605. The lowest BCUT2D eigenvalue weighted by Gasteiger charge is -2.20. The monoisotopic (exact) mass is 321 g/mol. The van der Waals surface area contributed by atoms with Gasteiger partial charge < -0.3 is 10.3 Å². The molecule has 0 spiro atoms. The molecule has 1 fully saturated rings. The fourth-order valence-electron chi connectivity index (χ4n) is 3.33. The van der Waals surface area contributed by atoms with Gasteiger partial charge in [-0.15, -0.1) is 0 Å². The number of hydrogen-bond acceptors (Lipinski definition) is 2. The van der Waals surface area contributed by atoms with Gasteiger partial charge in [0, 0.05) is 41.2 Å². The highest BCUT2D eigenvalue weighted by Crippen LogP contribution is 2.39. The number of nitrogens with two attached hydrogens (primary N) is 1. The van der Waals surface area contributed by atoms with Crippen LogP contribution in [0.15, 0.2) is 28.9 Å². The summed E-state index contributed by atoms with van der Waals surface area (Å²) in [5.74, 6) is 0.618. The minimum absolute atomic E-state index is 0.482. The van der Waals surface area contributed by atoms with Crippen LogP contribution in [-0.2, 0) is 7.05 Å². The van der Waals surface area contributed by atoms with E-state index in [1.54, 1.807) is 0 Å². The molecule has 102 valence electrons. The molecule has 3 rings (SSSR count). The summed E-state index contributed by atoms with van der Waals surface area (Å²) < 4.78 is 3.36. The van der Waals surface area contributed by atoms with Crippen LogP contribution in [0.4, 0.5) is 0 Å². The Morgan fingerprint density at radius 1 is 1.37 bits per heavy atom. The van der Waals surface area contributed by atoms with Crippen molar-refractivity contribution in [1.29, 1.82) is 0 Å². The van der Waals surface area contributed by atoms with Crippen LogP contribution in [0.2, 0.25) is 0 Å². The van der Waals surface area contributed by atoms with E-state index in [4.69, 9.17) is 5.73 Å². The van der Waals surface area contributed by atoms with E-state index in [2.05, 4.69) is 63.9 Å². The van der Waals surface area contributed by atoms with E-state index >= 15 is 0 Å². The van der Waals surface area contributed by atoms with Crippen molar-refractivity contribution in [3.05, 3.63) is 34.4 Å². The second kappa shape index (κ2) is 4.93. The van der Waals surface area contributed by atoms with E-state index < -0.39 is 0 Å². The van der Waals surface area contributed by atoms with Gasteiger partial charge in [0.15, 0.2) is 0 Å². The molecule has 0 saturated carbocycles. The SMILES string of the molecule is CN1CC(CN)CC1c1cccc2c1c(Br)cn2C. The number of aryl methyl sites for hydroxylation is 1. The number of fused-ring (bicyclic) bond motifs is 1. The summed E-state index contributed by atoms with van der Waals surface area (Å²) in [5, 5.41) is 1.35. The predicted molar refractivity (Wildman–Crippen MR) is 83.2 cm³/mol. The third kappa shape index (κ3) is 2.12. The van der Waals surface area contributed by atoms with Crippen LogP contribution < -0.4 is 5.73 Å². The molecule has 2 aromatic rings. The van der Waals surface area contributed by atoms with E-state index in [0.717, 1.165) is 19.5 Å². The molecule has 1 saturated heterocycles. The van der Waals surface area contributed by atoms with E-state index in [0.29, 0.717) is 12.0 Å². The molecule has 2 unspecified atom stereocenters. The van der Waals surface area contributed by atoms with Crippen molar-refractivity contribution in [3.63, 3.8) is 0 Å². The average molecular weight is 322 g/mol. The minimum Gasteiger partial charge on any atom is -0.349 e. The summed E-state index contributed by atoms with van der Waals surface area (Å²) >= 11 is 3.70. The quantitative estimate of drug-likeness (QED) is 0.922. The fraction of sp³-hybridized carbons (Fsp3) is 0.467. The molecule has 0 bridgehead atoms. The van der Waals surface area contributed by atoms with Crippen molar-refractivity contribution in [1.82, 2.24) is 9.47 Å². The van der Waals surface area contributed by atoms with Gasteiger partial charge in [-0.05, 0) is 53.5 Å². The van der Waals surface area contributed by atoms with Crippen LogP contribution in [0.25, 0.3) is 10.9 Å². The molecule has 1 aliphatic rings. The van der Waals surface area contributed by atoms with Crippen LogP contribution in [0, 0.1) is 5.92 Å². The van der Waals surface area contributed by atoms with Gasteiger partial charge in [0.05, 0.1) is 0 Å². The first-order valence-electron chi connectivity index (χ1n) is 6.75. The van der Waals surface area contributed by atoms with E-state index in [1.165, 1.54) is 20.9 Å². The van der Waals surface area contributed by atoms with Crippen molar-refractivity contribution < 1.29 is 0 Å².